The number of benzene rings is 1. The SMILES string of the molecule is CCn1nc(-c2ccc(C(=O)O)cc2)c2cccnc2c1=O. The van der Waals surface area contributed by atoms with Gasteiger partial charge in [0.25, 0.3) is 5.56 Å². The Labute approximate surface area is 125 Å². The molecule has 0 amide bonds. The van der Waals surface area contributed by atoms with Crippen LogP contribution >= 0.6 is 0 Å². The maximum absolute atomic E-state index is 12.2. The average molecular weight is 295 g/mol. The van der Waals surface area contributed by atoms with Crippen molar-refractivity contribution in [3.05, 3.63) is 58.5 Å². The summed E-state index contributed by atoms with van der Waals surface area (Å²) in [4.78, 5) is 27.3. The molecule has 110 valence electrons. The maximum atomic E-state index is 12.2. The van der Waals surface area contributed by atoms with Crippen LogP contribution in [0.5, 0.6) is 0 Å². The highest BCUT2D eigenvalue weighted by molar-refractivity contribution is 5.93. The first-order valence-electron chi connectivity index (χ1n) is 6.81. The van der Waals surface area contributed by atoms with Gasteiger partial charge in [-0.3, -0.25) is 9.78 Å². The highest BCUT2D eigenvalue weighted by Gasteiger charge is 2.13. The smallest absolute Gasteiger partial charge is 0.335 e. The fraction of sp³-hybridized carbons (Fsp3) is 0.125. The quantitative estimate of drug-likeness (QED) is 0.800. The fourth-order valence-corrected chi connectivity index (χ4v) is 2.31. The largest absolute Gasteiger partial charge is 0.478 e. The van der Waals surface area contributed by atoms with Crippen molar-refractivity contribution in [3.63, 3.8) is 0 Å². The lowest BCUT2D eigenvalue weighted by Crippen LogP contribution is -2.23. The Hall–Kier alpha value is -3.02. The van der Waals surface area contributed by atoms with Crippen molar-refractivity contribution in [2.75, 3.05) is 0 Å². The normalized spacial score (nSPS) is 10.8. The maximum Gasteiger partial charge on any atom is 0.335 e. The number of carboxylic acids is 1. The minimum atomic E-state index is -0.982. The van der Waals surface area contributed by atoms with Gasteiger partial charge in [-0.05, 0) is 31.2 Å². The van der Waals surface area contributed by atoms with Crippen LogP contribution in [0, 0.1) is 0 Å². The van der Waals surface area contributed by atoms with Gasteiger partial charge >= 0.3 is 5.97 Å². The molecule has 6 heteroatoms. The first kappa shape index (κ1) is 13.9. The Morgan fingerprint density at radius 1 is 1.23 bits per heavy atom. The van der Waals surface area contributed by atoms with Crippen LogP contribution in [0.3, 0.4) is 0 Å². The van der Waals surface area contributed by atoms with Crippen molar-refractivity contribution in [3.8, 4) is 11.3 Å². The lowest BCUT2D eigenvalue weighted by Gasteiger charge is -2.09. The van der Waals surface area contributed by atoms with Crippen LogP contribution in [0.1, 0.15) is 17.3 Å². The van der Waals surface area contributed by atoms with E-state index in [9.17, 15) is 9.59 Å². The molecule has 0 atom stereocenters. The van der Waals surface area contributed by atoms with E-state index in [0.29, 0.717) is 23.1 Å². The topological polar surface area (TPSA) is 85.1 Å². The number of carboxylic acid groups (broad SMARTS) is 1. The Kier molecular flexibility index (Phi) is 3.42. The third-order valence-corrected chi connectivity index (χ3v) is 3.43. The molecule has 22 heavy (non-hydrogen) atoms. The Bertz CT molecular complexity index is 914. The number of aromatic carboxylic acids is 1. The molecule has 0 bridgehead atoms. The molecule has 2 heterocycles. The van der Waals surface area contributed by atoms with Gasteiger partial charge in [-0.2, -0.15) is 5.10 Å². The summed E-state index contributed by atoms with van der Waals surface area (Å²) < 4.78 is 1.36. The molecule has 0 aliphatic carbocycles. The number of carbonyl (C=O) groups is 1. The Balaban J connectivity index is 2.28. The van der Waals surface area contributed by atoms with E-state index >= 15 is 0 Å². The van der Waals surface area contributed by atoms with Crippen LogP contribution < -0.4 is 5.56 Å². The van der Waals surface area contributed by atoms with Crippen LogP contribution in [0.25, 0.3) is 22.2 Å². The van der Waals surface area contributed by atoms with Crippen LogP contribution in [-0.2, 0) is 6.54 Å². The average Bonchev–Trinajstić information content (AvgIpc) is 2.55. The second kappa shape index (κ2) is 5.40. The molecular weight excluding hydrogens is 282 g/mol. The van der Waals surface area contributed by atoms with Gasteiger partial charge in [-0.1, -0.05) is 12.1 Å². The first-order valence-corrected chi connectivity index (χ1v) is 6.81. The van der Waals surface area contributed by atoms with E-state index in [1.165, 1.54) is 16.8 Å². The standard InChI is InChI=1S/C16H13N3O3/c1-2-19-15(20)14-12(4-3-9-17-14)13(18-19)10-5-7-11(8-6-10)16(21)22/h3-9H,2H2,1H3,(H,21,22). The van der Waals surface area contributed by atoms with E-state index in [-0.39, 0.29) is 11.1 Å². The van der Waals surface area contributed by atoms with Gasteiger partial charge < -0.3 is 5.11 Å². The van der Waals surface area contributed by atoms with Gasteiger partial charge in [0.2, 0.25) is 0 Å². The molecule has 0 fully saturated rings. The van der Waals surface area contributed by atoms with Crippen molar-refractivity contribution in [2.45, 2.75) is 13.5 Å². The number of nitrogens with zero attached hydrogens (tertiary/aromatic N) is 3. The monoisotopic (exact) mass is 295 g/mol. The van der Waals surface area contributed by atoms with Crippen LogP contribution in [0.2, 0.25) is 0 Å². The number of fused-ring (bicyclic) bond motifs is 1. The van der Waals surface area contributed by atoms with Gasteiger partial charge in [0.1, 0.15) is 11.2 Å². The predicted molar refractivity (Wildman–Crippen MR) is 81.9 cm³/mol. The number of aryl methyl sites for hydroxylation is 1. The molecule has 0 saturated carbocycles. The predicted octanol–water partition coefficient (Wildman–Crippen LogP) is 2.18. The second-order valence-corrected chi connectivity index (χ2v) is 4.75. The molecule has 6 nitrogen and oxygen atoms in total. The van der Waals surface area contributed by atoms with Gasteiger partial charge in [-0.25, -0.2) is 9.48 Å². The van der Waals surface area contributed by atoms with Crippen molar-refractivity contribution >= 4 is 16.9 Å². The van der Waals surface area contributed by atoms with E-state index in [1.54, 1.807) is 30.5 Å². The second-order valence-electron chi connectivity index (χ2n) is 4.75. The molecule has 0 radical (unpaired) electrons. The number of aromatic nitrogens is 3. The lowest BCUT2D eigenvalue weighted by atomic mass is 10.1. The highest BCUT2D eigenvalue weighted by Crippen LogP contribution is 2.24. The van der Waals surface area contributed by atoms with Gasteiger partial charge in [-0.15, -0.1) is 0 Å². The minimum absolute atomic E-state index is 0.204. The van der Waals surface area contributed by atoms with Gasteiger partial charge in [0.05, 0.1) is 5.56 Å². The minimum Gasteiger partial charge on any atom is -0.478 e. The zero-order valence-corrected chi connectivity index (χ0v) is 11.9. The zero-order valence-electron chi connectivity index (χ0n) is 11.9. The molecule has 1 N–H and O–H groups in total. The molecule has 2 aromatic heterocycles. The Morgan fingerprint density at radius 2 is 1.95 bits per heavy atom. The van der Waals surface area contributed by atoms with Crippen molar-refractivity contribution in [2.24, 2.45) is 0 Å². The molecular formula is C16H13N3O3. The molecule has 0 aliphatic rings. The molecule has 1 aromatic carbocycles. The molecule has 3 aromatic rings. The van der Waals surface area contributed by atoms with Crippen LogP contribution in [0.15, 0.2) is 47.4 Å². The third kappa shape index (κ3) is 2.24. The Morgan fingerprint density at radius 3 is 2.59 bits per heavy atom. The van der Waals surface area contributed by atoms with Crippen molar-refractivity contribution in [1.82, 2.24) is 14.8 Å². The summed E-state index contributed by atoms with van der Waals surface area (Å²) in [5, 5.41) is 14.0. The number of rotatable bonds is 3. The molecule has 3 rings (SSSR count). The molecule has 0 aliphatic heterocycles. The molecule has 0 saturated heterocycles. The fourth-order valence-electron chi connectivity index (χ4n) is 2.31. The first-order chi connectivity index (χ1) is 10.6. The molecule has 0 spiro atoms. The summed E-state index contributed by atoms with van der Waals surface area (Å²) in [5.74, 6) is -0.982. The van der Waals surface area contributed by atoms with E-state index in [4.69, 9.17) is 5.11 Å². The number of hydrogen-bond donors (Lipinski definition) is 1. The summed E-state index contributed by atoms with van der Waals surface area (Å²) in [6.45, 7) is 2.27. The van der Waals surface area contributed by atoms with Crippen molar-refractivity contribution < 1.29 is 9.90 Å². The van der Waals surface area contributed by atoms with Crippen LogP contribution in [-0.4, -0.2) is 25.8 Å². The third-order valence-electron chi connectivity index (χ3n) is 3.43. The number of pyridine rings is 1. The van der Waals surface area contributed by atoms with E-state index in [0.717, 1.165) is 5.56 Å². The zero-order chi connectivity index (χ0) is 15.7. The van der Waals surface area contributed by atoms with E-state index < -0.39 is 5.97 Å². The molecule has 0 unspecified atom stereocenters. The van der Waals surface area contributed by atoms with E-state index in [1.807, 2.05) is 6.92 Å². The van der Waals surface area contributed by atoms with Gasteiger partial charge in [0, 0.05) is 23.7 Å². The summed E-state index contributed by atoms with van der Waals surface area (Å²) in [5.41, 5.74) is 1.68. The summed E-state index contributed by atoms with van der Waals surface area (Å²) >= 11 is 0. The van der Waals surface area contributed by atoms with Crippen LogP contribution in [0.4, 0.5) is 0 Å². The van der Waals surface area contributed by atoms with Gasteiger partial charge in [0.15, 0.2) is 0 Å². The lowest BCUT2D eigenvalue weighted by molar-refractivity contribution is 0.0697. The van der Waals surface area contributed by atoms with E-state index in [2.05, 4.69) is 10.1 Å². The highest BCUT2D eigenvalue weighted by atomic mass is 16.4. The summed E-state index contributed by atoms with van der Waals surface area (Å²) in [7, 11) is 0. The number of hydrogen-bond acceptors (Lipinski definition) is 4. The summed E-state index contributed by atoms with van der Waals surface area (Å²) in [6.07, 6.45) is 1.57. The van der Waals surface area contributed by atoms with Crippen molar-refractivity contribution in [1.29, 1.82) is 0 Å². The summed E-state index contributed by atoms with van der Waals surface area (Å²) in [6, 6.07) is 9.93.